The summed E-state index contributed by atoms with van der Waals surface area (Å²) in [6.07, 6.45) is 8.20. The molecule has 64 heavy (non-hydrogen) atoms. The number of hydrogen-bond donors (Lipinski definition) is 1. The Morgan fingerprint density at radius 3 is 2.47 bits per heavy atom. The van der Waals surface area contributed by atoms with Gasteiger partial charge in [0.05, 0.1) is 41.1 Å². The van der Waals surface area contributed by atoms with Gasteiger partial charge in [0.2, 0.25) is 21.8 Å². The Hall–Kier alpha value is -4.95. The van der Waals surface area contributed by atoms with Crippen molar-refractivity contribution >= 4 is 49.9 Å². The number of amides is 2. The fourth-order valence-corrected chi connectivity index (χ4v) is 11.3. The number of pyridine rings is 1. The number of aryl methyl sites for hydroxylation is 2. The Morgan fingerprint density at radius 1 is 1.06 bits per heavy atom. The molecule has 14 heteroatoms. The minimum Gasteiger partial charge on any atom is -0.496 e. The number of aromatic nitrogens is 2. The van der Waals surface area contributed by atoms with E-state index >= 15 is 4.79 Å². The van der Waals surface area contributed by atoms with E-state index in [0.717, 1.165) is 52.9 Å². The Kier molecular flexibility index (Phi) is 13.9. The van der Waals surface area contributed by atoms with Gasteiger partial charge in [-0.05, 0) is 107 Å². The number of likely N-dealkylation sites (tertiary alicyclic amines) is 1. The lowest BCUT2D eigenvalue weighted by atomic mass is 9.89. The molecule has 2 aromatic carbocycles. The molecule has 1 saturated heterocycles. The van der Waals surface area contributed by atoms with E-state index in [1.165, 1.54) is 17.4 Å². The molecule has 342 valence electrons. The molecular formula is C50H61FN4O7S2. The molecule has 2 amide bonds. The standard InChI is InChI=1S/C50H61FN4O7S2/c1-9-11-12-13-14-15-34(23-33-16-18-38(51)31(5)22-33)47(57)55-28-36(24-41(55)42(56)27-50(26-35(50)10-2)48(58)54-64(59,60)49(7)20-21-49)62-44-25-39(46-53-40(29-63-46)30(3)4)52-45-32(6)43(61-8)19-17-37(44)45/h9-10,16-19,22,25,29-30,34-36,41H,1-2,11-15,20-21,23-24,26-28H2,3-8H3,(H,54,58)/t34-,35-,36-,41+,50-/m1/s1. The molecule has 2 aliphatic carbocycles. The summed E-state index contributed by atoms with van der Waals surface area (Å²) < 4.78 is 54.8. The van der Waals surface area contributed by atoms with Crippen LogP contribution in [0.1, 0.15) is 113 Å². The van der Waals surface area contributed by atoms with E-state index < -0.39 is 50.1 Å². The van der Waals surface area contributed by atoms with Crippen molar-refractivity contribution in [2.75, 3.05) is 13.7 Å². The van der Waals surface area contributed by atoms with Gasteiger partial charge in [0.25, 0.3) is 0 Å². The number of nitrogens with one attached hydrogen (secondary N) is 1. The van der Waals surface area contributed by atoms with Gasteiger partial charge in [-0.25, -0.2) is 22.8 Å². The number of ether oxygens (including phenoxy) is 2. The fourth-order valence-electron chi connectivity index (χ4n) is 9.02. The molecule has 0 unspecified atom stereocenters. The molecule has 1 N–H and O–H groups in total. The molecule has 2 aromatic heterocycles. The third-order valence-corrected chi connectivity index (χ3v) is 16.7. The fraction of sp³-hybridized carbons (Fsp3) is 0.500. The van der Waals surface area contributed by atoms with Crippen LogP contribution in [0, 0.1) is 36.9 Å². The van der Waals surface area contributed by atoms with Crippen molar-refractivity contribution in [3.05, 3.63) is 95.3 Å². The first-order valence-electron chi connectivity index (χ1n) is 22.4. The highest BCUT2D eigenvalue weighted by molar-refractivity contribution is 7.91. The first kappa shape index (κ1) is 47.0. The lowest BCUT2D eigenvalue weighted by Crippen LogP contribution is -2.47. The molecule has 3 fully saturated rings. The molecule has 0 radical (unpaired) electrons. The molecule has 3 aliphatic rings. The van der Waals surface area contributed by atoms with Crippen LogP contribution < -0.4 is 14.2 Å². The van der Waals surface area contributed by atoms with Gasteiger partial charge in [0, 0.05) is 41.2 Å². The monoisotopic (exact) mass is 912 g/mol. The summed E-state index contributed by atoms with van der Waals surface area (Å²) in [6, 6.07) is 9.54. The molecule has 5 atom stereocenters. The highest BCUT2D eigenvalue weighted by Crippen LogP contribution is 2.57. The maximum Gasteiger partial charge on any atom is 0.240 e. The van der Waals surface area contributed by atoms with Gasteiger partial charge in [-0.2, -0.15) is 0 Å². The number of methoxy groups -OCH3 is 1. The van der Waals surface area contributed by atoms with Crippen molar-refractivity contribution in [3.63, 3.8) is 0 Å². The smallest absolute Gasteiger partial charge is 0.240 e. The van der Waals surface area contributed by atoms with Gasteiger partial charge in [-0.3, -0.25) is 19.1 Å². The number of ketones is 1. The van der Waals surface area contributed by atoms with Crippen LogP contribution in [0.25, 0.3) is 21.6 Å². The second-order valence-electron chi connectivity index (χ2n) is 18.7. The van der Waals surface area contributed by atoms with E-state index in [1.54, 1.807) is 44.1 Å². The van der Waals surface area contributed by atoms with Crippen molar-refractivity contribution in [1.29, 1.82) is 0 Å². The Labute approximate surface area is 381 Å². The summed E-state index contributed by atoms with van der Waals surface area (Å²) >= 11 is 1.49. The predicted molar refractivity (Wildman–Crippen MR) is 249 cm³/mol. The Balaban J connectivity index is 1.24. The molecule has 0 spiro atoms. The summed E-state index contributed by atoms with van der Waals surface area (Å²) in [6.45, 7) is 17.2. The van der Waals surface area contributed by atoms with Crippen LogP contribution >= 0.6 is 11.3 Å². The number of fused-ring (bicyclic) bond motifs is 1. The molecule has 11 nitrogen and oxygen atoms in total. The molecule has 3 heterocycles. The predicted octanol–water partition coefficient (Wildman–Crippen LogP) is 9.74. The van der Waals surface area contributed by atoms with E-state index in [-0.39, 0.29) is 49.2 Å². The Bertz CT molecular complexity index is 2570. The highest BCUT2D eigenvalue weighted by atomic mass is 32.2. The summed E-state index contributed by atoms with van der Waals surface area (Å²) in [5.74, 6) is -1.16. The molecule has 0 bridgehead atoms. The molecular weight excluding hydrogens is 852 g/mol. The average Bonchev–Trinajstić information content (AvgIpc) is 4.05. The average molecular weight is 913 g/mol. The van der Waals surface area contributed by atoms with Gasteiger partial charge in [0.1, 0.15) is 34.1 Å². The molecule has 1 aliphatic heterocycles. The number of nitrogens with zero attached hydrogens (tertiary/aromatic N) is 3. The van der Waals surface area contributed by atoms with E-state index in [1.807, 2.05) is 36.6 Å². The van der Waals surface area contributed by atoms with Gasteiger partial charge in [-0.15, -0.1) is 24.5 Å². The number of halogens is 1. The van der Waals surface area contributed by atoms with Crippen molar-refractivity contribution in [1.82, 2.24) is 19.6 Å². The minimum atomic E-state index is -3.97. The number of unbranched alkanes of at least 4 members (excludes halogenated alkanes) is 3. The van der Waals surface area contributed by atoms with Crippen LogP contribution in [0.3, 0.4) is 0 Å². The van der Waals surface area contributed by atoms with Gasteiger partial charge < -0.3 is 14.4 Å². The maximum atomic E-state index is 15.1. The van der Waals surface area contributed by atoms with Crippen molar-refractivity contribution in [2.45, 2.75) is 128 Å². The van der Waals surface area contributed by atoms with Crippen molar-refractivity contribution < 1.29 is 36.7 Å². The number of benzene rings is 2. The van der Waals surface area contributed by atoms with Crippen LogP contribution in [-0.4, -0.2) is 71.4 Å². The largest absolute Gasteiger partial charge is 0.496 e. The quantitative estimate of drug-likeness (QED) is 0.0638. The summed E-state index contributed by atoms with van der Waals surface area (Å²) in [7, 11) is -2.36. The zero-order chi connectivity index (χ0) is 46.1. The number of allylic oxidation sites excluding steroid dienone is 2. The van der Waals surface area contributed by atoms with E-state index in [4.69, 9.17) is 19.4 Å². The topological polar surface area (TPSA) is 145 Å². The summed E-state index contributed by atoms with van der Waals surface area (Å²) in [5.41, 5.74) is 3.04. The lowest BCUT2D eigenvalue weighted by Gasteiger charge is -2.29. The summed E-state index contributed by atoms with van der Waals surface area (Å²) in [4.78, 5) is 55.5. The van der Waals surface area contributed by atoms with E-state index in [0.29, 0.717) is 54.0 Å². The zero-order valence-electron chi connectivity index (χ0n) is 37.9. The number of hydrogen-bond acceptors (Lipinski definition) is 10. The van der Waals surface area contributed by atoms with Crippen LogP contribution in [0.2, 0.25) is 0 Å². The first-order valence-corrected chi connectivity index (χ1v) is 24.8. The summed E-state index contributed by atoms with van der Waals surface area (Å²) in [5, 5.41) is 3.48. The SMILES string of the molecule is C=CCCCCC[C@H](Cc1ccc(F)c(C)c1)C(=O)N1C[C@H](Oc2cc(-c3nc(C(C)C)cs3)nc3c(C)c(OC)ccc23)C[C@H]1C(=O)C[C@]1(C(=O)NS(=O)(=O)C2(C)CC2)C[C@H]1C=C. The van der Waals surface area contributed by atoms with E-state index in [9.17, 15) is 22.4 Å². The van der Waals surface area contributed by atoms with Gasteiger partial charge in [-0.1, -0.05) is 51.0 Å². The first-order chi connectivity index (χ1) is 30.4. The van der Waals surface area contributed by atoms with Crippen molar-refractivity contribution in [3.8, 4) is 22.2 Å². The number of sulfonamides is 1. The minimum absolute atomic E-state index is 0.0878. The van der Waals surface area contributed by atoms with Crippen LogP contribution in [0.15, 0.2) is 67.1 Å². The van der Waals surface area contributed by atoms with Gasteiger partial charge >= 0.3 is 0 Å². The molecule has 7 rings (SSSR count). The zero-order valence-corrected chi connectivity index (χ0v) is 39.5. The second kappa shape index (κ2) is 18.9. The number of carbonyl (C=O) groups excluding carboxylic acids is 3. The molecule has 2 saturated carbocycles. The lowest BCUT2D eigenvalue weighted by molar-refractivity contribution is -0.142. The number of carbonyl (C=O) groups is 3. The van der Waals surface area contributed by atoms with Crippen LogP contribution in [0.5, 0.6) is 11.5 Å². The third-order valence-electron chi connectivity index (χ3n) is 13.6. The third kappa shape index (κ3) is 9.68. The van der Waals surface area contributed by atoms with Crippen LogP contribution in [0.4, 0.5) is 4.39 Å². The number of thiazole rings is 1. The number of Topliss-reactive ketones (excluding diaryl/α,β-unsaturated/α-hetero) is 1. The molecule has 4 aromatic rings. The van der Waals surface area contributed by atoms with Gasteiger partial charge in [0.15, 0.2) is 5.78 Å². The second-order valence-corrected chi connectivity index (χ2v) is 21.7. The Morgan fingerprint density at radius 2 is 1.83 bits per heavy atom. The highest BCUT2D eigenvalue weighted by Gasteiger charge is 2.62. The van der Waals surface area contributed by atoms with Crippen molar-refractivity contribution in [2.24, 2.45) is 17.3 Å². The normalized spacial score (nSPS) is 21.7. The van der Waals surface area contributed by atoms with E-state index in [2.05, 4.69) is 31.7 Å². The van der Waals surface area contributed by atoms with Crippen LogP contribution in [-0.2, 0) is 30.8 Å². The number of rotatable bonds is 21. The maximum absolute atomic E-state index is 15.1.